The summed E-state index contributed by atoms with van der Waals surface area (Å²) in [6, 6.07) is 0. The smallest absolute Gasteiger partial charge is 0.00190 e. The first kappa shape index (κ1) is 9.01. The molecular formula is C9H20N2. The first-order chi connectivity index (χ1) is 5.33. The number of hydrogen-bond donors (Lipinski definition) is 1. The van der Waals surface area contributed by atoms with E-state index in [0.717, 1.165) is 5.92 Å². The standard InChI is InChI=1S/C9H20N2/c1-3-11-6-4-5-10-7-9(2)8-11/h9-10H,3-8H2,1-2H3. The summed E-state index contributed by atoms with van der Waals surface area (Å²) in [5.74, 6) is 0.815. The highest BCUT2D eigenvalue weighted by Crippen LogP contribution is 2.02. The molecule has 1 atom stereocenters. The first-order valence-electron chi connectivity index (χ1n) is 4.76. The Kier molecular flexibility index (Phi) is 3.87. The number of nitrogens with one attached hydrogen (secondary N) is 1. The van der Waals surface area contributed by atoms with Gasteiger partial charge in [0.05, 0.1) is 0 Å². The molecule has 0 aromatic rings. The summed E-state index contributed by atoms with van der Waals surface area (Å²) in [5.41, 5.74) is 0. The van der Waals surface area contributed by atoms with Gasteiger partial charge in [0.25, 0.3) is 0 Å². The van der Waals surface area contributed by atoms with E-state index < -0.39 is 0 Å². The van der Waals surface area contributed by atoms with E-state index in [4.69, 9.17) is 0 Å². The minimum Gasteiger partial charge on any atom is -0.316 e. The molecule has 1 aliphatic heterocycles. The third-order valence-corrected chi connectivity index (χ3v) is 2.34. The van der Waals surface area contributed by atoms with Gasteiger partial charge >= 0.3 is 0 Å². The van der Waals surface area contributed by atoms with Crippen LogP contribution in [0.4, 0.5) is 0 Å². The Bertz CT molecular complexity index is 104. The van der Waals surface area contributed by atoms with Crippen molar-refractivity contribution in [3.8, 4) is 0 Å². The SMILES string of the molecule is CCN1CCCNCC(C)C1. The zero-order chi connectivity index (χ0) is 8.10. The zero-order valence-corrected chi connectivity index (χ0v) is 7.77. The van der Waals surface area contributed by atoms with E-state index in [-0.39, 0.29) is 0 Å². The lowest BCUT2D eigenvalue weighted by atomic mass is 10.1. The van der Waals surface area contributed by atoms with Gasteiger partial charge in [-0.2, -0.15) is 0 Å². The number of rotatable bonds is 1. The second-order valence-corrected chi connectivity index (χ2v) is 3.56. The van der Waals surface area contributed by atoms with Crippen molar-refractivity contribution in [1.29, 1.82) is 0 Å². The topological polar surface area (TPSA) is 15.3 Å². The highest BCUT2D eigenvalue weighted by Gasteiger charge is 2.10. The summed E-state index contributed by atoms with van der Waals surface area (Å²) in [6.45, 7) is 10.7. The lowest BCUT2D eigenvalue weighted by molar-refractivity contribution is 0.226. The highest BCUT2D eigenvalue weighted by molar-refractivity contribution is 4.67. The molecule has 0 saturated carbocycles. The molecule has 66 valence electrons. The fraction of sp³-hybridized carbons (Fsp3) is 1.00. The van der Waals surface area contributed by atoms with Crippen molar-refractivity contribution < 1.29 is 0 Å². The van der Waals surface area contributed by atoms with Crippen LogP contribution in [0.15, 0.2) is 0 Å². The Morgan fingerprint density at radius 2 is 2.36 bits per heavy atom. The summed E-state index contributed by atoms with van der Waals surface area (Å²) in [4.78, 5) is 2.55. The molecule has 1 aliphatic rings. The van der Waals surface area contributed by atoms with Crippen molar-refractivity contribution >= 4 is 0 Å². The molecule has 1 saturated heterocycles. The third-order valence-electron chi connectivity index (χ3n) is 2.34. The van der Waals surface area contributed by atoms with Crippen LogP contribution in [0.1, 0.15) is 20.3 Å². The highest BCUT2D eigenvalue weighted by atomic mass is 15.1. The summed E-state index contributed by atoms with van der Waals surface area (Å²) in [7, 11) is 0. The largest absolute Gasteiger partial charge is 0.316 e. The van der Waals surface area contributed by atoms with Gasteiger partial charge in [-0.15, -0.1) is 0 Å². The third kappa shape index (κ3) is 3.21. The van der Waals surface area contributed by atoms with Crippen molar-refractivity contribution in [2.24, 2.45) is 5.92 Å². The maximum absolute atomic E-state index is 3.45. The summed E-state index contributed by atoms with van der Waals surface area (Å²) in [6.07, 6.45) is 1.31. The molecule has 0 aromatic heterocycles. The Balaban J connectivity index is 2.29. The van der Waals surface area contributed by atoms with Gasteiger partial charge < -0.3 is 10.2 Å². The van der Waals surface area contributed by atoms with Crippen molar-refractivity contribution in [3.05, 3.63) is 0 Å². The molecule has 0 radical (unpaired) electrons. The summed E-state index contributed by atoms with van der Waals surface area (Å²) in [5, 5.41) is 3.45. The Morgan fingerprint density at radius 1 is 1.55 bits per heavy atom. The van der Waals surface area contributed by atoms with Crippen LogP contribution in [0.5, 0.6) is 0 Å². The molecule has 0 aromatic carbocycles. The number of nitrogens with zero attached hydrogens (tertiary/aromatic N) is 1. The molecular weight excluding hydrogens is 136 g/mol. The lowest BCUT2D eigenvalue weighted by Gasteiger charge is -2.27. The molecule has 1 rings (SSSR count). The van der Waals surface area contributed by atoms with Gasteiger partial charge in [-0.05, 0) is 38.5 Å². The van der Waals surface area contributed by atoms with Gasteiger partial charge in [0.1, 0.15) is 0 Å². The Hall–Kier alpha value is -0.0800. The Morgan fingerprint density at radius 3 is 3.09 bits per heavy atom. The quantitative estimate of drug-likeness (QED) is 0.608. The minimum absolute atomic E-state index is 0.815. The summed E-state index contributed by atoms with van der Waals surface area (Å²) < 4.78 is 0. The van der Waals surface area contributed by atoms with Crippen LogP contribution in [0.25, 0.3) is 0 Å². The van der Waals surface area contributed by atoms with Gasteiger partial charge in [0.2, 0.25) is 0 Å². The lowest BCUT2D eigenvalue weighted by Crippen LogP contribution is -2.38. The van der Waals surface area contributed by atoms with Crippen molar-refractivity contribution in [1.82, 2.24) is 10.2 Å². The molecule has 1 N–H and O–H groups in total. The zero-order valence-electron chi connectivity index (χ0n) is 7.77. The van der Waals surface area contributed by atoms with Crippen molar-refractivity contribution in [3.63, 3.8) is 0 Å². The van der Waals surface area contributed by atoms with Crippen LogP contribution in [-0.4, -0.2) is 37.6 Å². The molecule has 0 bridgehead atoms. The van der Waals surface area contributed by atoms with E-state index >= 15 is 0 Å². The molecule has 2 nitrogen and oxygen atoms in total. The van der Waals surface area contributed by atoms with E-state index in [0.29, 0.717) is 0 Å². The maximum Gasteiger partial charge on any atom is 0.00190 e. The average molecular weight is 156 g/mol. The van der Waals surface area contributed by atoms with Crippen LogP contribution < -0.4 is 5.32 Å². The number of hydrogen-bond acceptors (Lipinski definition) is 2. The van der Waals surface area contributed by atoms with Crippen LogP contribution in [0.2, 0.25) is 0 Å². The van der Waals surface area contributed by atoms with E-state index in [2.05, 4.69) is 24.1 Å². The molecule has 11 heavy (non-hydrogen) atoms. The van der Waals surface area contributed by atoms with E-state index in [1.807, 2.05) is 0 Å². The maximum atomic E-state index is 3.45. The molecule has 1 fully saturated rings. The summed E-state index contributed by atoms with van der Waals surface area (Å²) >= 11 is 0. The fourth-order valence-corrected chi connectivity index (χ4v) is 1.66. The monoisotopic (exact) mass is 156 g/mol. The minimum atomic E-state index is 0.815. The molecule has 1 unspecified atom stereocenters. The normalized spacial score (nSPS) is 29.5. The van der Waals surface area contributed by atoms with Crippen LogP contribution in [-0.2, 0) is 0 Å². The van der Waals surface area contributed by atoms with Crippen molar-refractivity contribution in [2.45, 2.75) is 20.3 Å². The van der Waals surface area contributed by atoms with Gasteiger partial charge in [0.15, 0.2) is 0 Å². The van der Waals surface area contributed by atoms with Crippen LogP contribution in [0.3, 0.4) is 0 Å². The average Bonchev–Trinajstić information content (AvgIpc) is 1.96. The van der Waals surface area contributed by atoms with Gasteiger partial charge in [-0.25, -0.2) is 0 Å². The predicted octanol–water partition coefficient (Wildman–Crippen LogP) is 0.938. The first-order valence-corrected chi connectivity index (χ1v) is 4.76. The molecule has 0 spiro atoms. The van der Waals surface area contributed by atoms with Gasteiger partial charge in [-0.3, -0.25) is 0 Å². The van der Waals surface area contributed by atoms with E-state index in [1.54, 1.807) is 0 Å². The molecule has 0 amide bonds. The van der Waals surface area contributed by atoms with Crippen molar-refractivity contribution in [2.75, 3.05) is 32.7 Å². The molecule has 2 heteroatoms. The van der Waals surface area contributed by atoms with Crippen LogP contribution in [0, 0.1) is 5.92 Å². The van der Waals surface area contributed by atoms with E-state index in [1.165, 1.54) is 39.1 Å². The van der Waals surface area contributed by atoms with Gasteiger partial charge in [0, 0.05) is 6.54 Å². The molecule has 0 aliphatic carbocycles. The predicted molar refractivity (Wildman–Crippen MR) is 48.8 cm³/mol. The van der Waals surface area contributed by atoms with Gasteiger partial charge in [-0.1, -0.05) is 13.8 Å². The van der Waals surface area contributed by atoms with Crippen LogP contribution >= 0.6 is 0 Å². The fourth-order valence-electron chi connectivity index (χ4n) is 1.66. The second-order valence-electron chi connectivity index (χ2n) is 3.56. The Labute approximate surface area is 70.0 Å². The second kappa shape index (κ2) is 4.73. The van der Waals surface area contributed by atoms with E-state index in [9.17, 15) is 0 Å². The molecule has 1 heterocycles.